The second-order valence-electron chi connectivity index (χ2n) is 7.38. The van der Waals surface area contributed by atoms with Gasteiger partial charge in [-0.15, -0.1) is 0 Å². The van der Waals surface area contributed by atoms with E-state index in [1.165, 1.54) is 43.2 Å². The van der Waals surface area contributed by atoms with E-state index in [1.807, 2.05) is 0 Å². The Morgan fingerprint density at radius 3 is 2.40 bits per heavy atom. The summed E-state index contributed by atoms with van der Waals surface area (Å²) < 4.78 is 0. The fourth-order valence-corrected chi connectivity index (χ4v) is 3.29. The molecule has 112 valence electrons. The topological polar surface area (TPSA) is 29.3 Å². The average Bonchev–Trinajstić information content (AvgIpc) is 2.40. The van der Waals surface area contributed by atoms with Crippen molar-refractivity contribution in [3.63, 3.8) is 0 Å². The molecule has 2 nitrogen and oxygen atoms in total. The summed E-state index contributed by atoms with van der Waals surface area (Å²) in [5, 5.41) is 0. The van der Waals surface area contributed by atoms with E-state index in [1.54, 1.807) is 0 Å². The van der Waals surface area contributed by atoms with Crippen LogP contribution in [0.5, 0.6) is 0 Å². The monoisotopic (exact) mass is 274 g/mol. The van der Waals surface area contributed by atoms with Gasteiger partial charge >= 0.3 is 0 Å². The molecule has 1 fully saturated rings. The molecule has 0 spiro atoms. The third kappa shape index (κ3) is 3.76. The van der Waals surface area contributed by atoms with E-state index < -0.39 is 0 Å². The average molecular weight is 274 g/mol. The molecule has 20 heavy (non-hydrogen) atoms. The fourth-order valence-electron chi connectivity index (χ4n) is 3.29. The quantitative estimate of drug-likeness (QED) is 0.831. The second kappa shape index (κ2) is 6.17. The van der Waals surface area contributed by atoms with Crippen molar-refractivity contribution in [2.45, 2.75) is 70.9 Å². The van der Waals surface area contributed by atoms with Crippen molar-refractivity contribution in [1.29, 1.82) is 0 Å². The van der Waals surface area contributed by atoms with E-state index in [2.05, 4.69) is 50.9 Å². The maximum absolute atomic E-state index is 6.14. The molecule has 0 aromatic heterocycles. The minimum absolute atomic E-state index is 0.115. The van der Waals surface area contributed by atoms with Crippen LogP contribution < -0.4 is 5.73 Å². The summed E-state index contributed by atoms with van der Waals surface area (Å²) in [4.78, 5) is 2.52. The normalized spacial score (nSPS) is 17.6. The Morgan fingerprint density at radius 1 is 1.15 bits per heavy atom. The van der Waals surface area contributed by atoms with Gasteiger partial charge in [0, 0.05) is 18.3 Å². The van der Waals surface area contributed by atoms with Crippen LogP contribution in [0.3, 0.4) is 0 Å². The maximum Gasteiger partial charge on any atom is 0.0352 e. The van der Waals surface area contributed by atoms with Gasteiger partial charge in [-0.1, -0.05) is 52.2 Å². The second-order valence-corrected chi connectivity index (χ2v) is 7.38. The van der Waals surface area contributed by atoms with Gasteiger partial charge in [-0.25, -0.2) is 0 Å². The Kier molecular flexibility index (Phi) is 4.74. The van der Waals surface area contributed by atoms with E-state index in [4.69, 9.17) is 5.73 Å². The smallest absolute Gasteiger partial charge is 0.0352 e. The minimum atomic E-state index is 0.115. The number of hydrogen-bond donors (Lipinski definition) is 1. The molecule has 0 bridgehead atoms. The van der Waals surface area contributed by atoms with E-state index in [0.717, 1.165) is 18.3 Å². The van der Waals surface area contributed by atoms with E-state index in [0.29, 0.717) is 0 Å². The van der Waals surface area contributed by atoms with Gasteiger partial charge in [0.2, 0.25) is 0 Å². The van der Waals surface area contributed by atoms with Gasteiger partial charge in [-0.3, -0.25) is 4.90 Å². The molecule has 2 heteroatoms. The summed E-state index contributed by atoms with van der Waals surface area (Å²) >= 11 is 0. The van der Waals surface area contributed by atoms with Gasteiger partial charge in [-0.05, 0) is 42.5 Å². The van der Waals surface area contributed by atoms with Gasteiger partial charge in [0.25, 0.3) is 0 Å². The van der Waals surface area contributed by atoms with Gasteiger partial charge in [0.05, 0.1) is 0 Å². The molecule has 2 N–H and O–H groups in total. The Hall–Kier alpha value is -1.02. The zero-order valence-electron chi connectivity index (χ0n) is 13.6. The van der Waals surface area contributed by atoms with Crippen LogP contribution in [-0.4, -0.2) is 18.0 Å². The number of rotatable bonds is 3. The van der Waals surface area contributed by atoms with E-state index in [-0.39, 0.29) is 5.41 Å². The largest absolute Gasteiger partial charge is 0.398 e. The van der Waals surface area contributed by atoms with Crippen molar-refractivity contribution >= 4 is 5.69 Å². The first kappa shape index (κ1) is 15.4. The van der Waals surface area contributed by atoms with E-state index in [9.17, 15) is 0 Å². The number of nitrogens with zero attached hydrogens (tertiary/aromatic N) is 1. The first-order chi connectivity index (χ1) is 9.38. The fraction of sp³-hybridized carbons (Fsp3) is 0.667. The van der Waals surface area contributed by atoms with Gasteiger partial charge < -0.3 is 5.73 Å². The lowest BCUT2D eigenvalue weighted by molar-refractivity contribution is 0.184. The molecule has 1 aromatic carbocycles. The number of nitrogens with two attached hydrogens (primary N) is 1. The Labute approximate surface area is 124 Å². The highest BCUT2D eigenvalue weighted by Crippen LogP contribution is 2.29. The molecular formula is C18H30N2. The van der Waals surface area contributed by atoms with Gasteiger partial charge in [0.1, 0.15) is 0 Å². The Morgan fingerprint density at radius 2 is 1.80 bits per heavy atom. The highest BCUT2D eigenvalue weighted by molar-refractivity contribution is 5.51. The molecule has 0 radical (unpaired) electrons. The van der Waals surface area contributed by atoms with Crippen molar-refractivity contribution in [3.05, 3.63) is 29.3 Å². The molecule has 0 unspecified atom stereocenters. The van der Waals surface area contributed by atoms with Crippen molar-refractivity contribution in [1.82, 2.24) is 4.90 Å². The molecule has 0 saturated heterocycles. The summed E-state index contributed by atoms with van der Waals surface area (Å²) in [6.45, 7) is 7.72. The van der Waals surface area contributed by atoms with Crippen LogP contribution in [-0.2, 0) is 12.0 Å². The zero-order chi connectivity index (χ0) is 14.8. The molecule has 0 amide bonds. The highest BCUT2D eigenvalue weighted by atomic mass is 15.1. The van der Waals surface area contributed by atoms with Crippen LogP contribution in [0.2, 0.25) is 0 Å². The molecule has 1 aliphatic rings. The maximum atomic E-state index is 6.14. The number of benzene rings is 1. The van der Waals surface area contributed by atoms with Crippen LogP contribution in [0.25, 0.3) is 0 Å². The number of hydrogen-bond acceptors (Lipinski definition) is 2. The summed E-state index contributed by atoms with van der Waals surface area (Å²) in [7, 11) is 2.27. The first-order valence-corrected chi connectivity index (χ1v) is 7.97. The molecule has 0 aliphatic heterocycles. The van der Waals surface area contributed by atoms with Crippen LogP contribution in [0, 0.1) is 0 Å². The van der Waals surface area contributed by atoms with Crippen LogP contribution in [0.15, 0.2) is 18.2 Å². The minimum Gasteiger partial charge on any atom is -0.398 e. The lowest BCUT2D eigenvalue weighted by Crippen LogP contribution is -2.33. The zero-order valence-corrected chi connectivity index (χ0v) is 13.6. The van der Waals surface area contributed by atoms with Crippen LogP contribution in [0.4, 0.5) is 5.69 Å². The summed E-state index contributed by atoms with van der Waals surface area (Å²) in [5.41, 5.74) is 9.83. The molecule has 0 heterocycles. The van der Waals surface area contributed by atoms with Crippen molar-refractivity contribution in [2.24, 2.45) is 0 Å². The molecule has 1 saturated carbocycles. The Balaban J connectivity index is 2.09. The van der Waals surface area contributed by atoms with Gasteiger partial charge in [0.15, 0.2) is 0 Å². The predicted octanol–water partition coefficient (Wildman–Crippen LogP) is 4.33. The number of anilines is 1. The van der Waals surface area contributed by atoms with Crippen molar-refractivity contribution < 1.29 is 0 Å². The summed E-state index contributed by atoms with van der Waals surface area (Å²) in [6, 6.07) is 7.32. The third-order valence-corrected chi connectivity index (χ3v) is 4.56. The van der Waals surface area contributed by atoms with Gasteiger partial charge in [-0.2, -0.15) is 0 Å². The summed E-state index contributed by atoms with van der Waals surface area (Å²) in [5.74, 6) is 0. The predicted molar refractivity (Wildman–Crippen MR) is 87.9 cm³/mol. The lowest BCUT2D eigenvalue weighted by atomic mass is 9.85. The molecule has 0 atom stereocenters. The lowest BCUT2D eigenvalue weighted by Gasteiger charge is -2.31. The Bertz CT molecular complexity index is 439. The third-order valence-electron chi connectivity index (χ3n) is 4.56. The van der Waals surface area contributed by atoms with Crippen LogP contribution in [0.1, 0.15) is 64.0 Å². The van der Waals surface area contributed by atoms with Crippen LogP contribution >= 0.6 is 0 Å². The van der Waals surface area contributed by atoms with Crippen molar-refractivity contribution in [2.75, 3.05) is 12.8 Å². The SMILES string of the molecule is CN(Cc1ccc(N)c(C(C)(C)C)c1)C1CCCCC1. The highest BCUT2D eigenvalue weighted by Gasteiger charge is 2.20. The first-order valence-electron chi connectivity index (χ1n) is 7.97. The number of nitrogen functional groups attached to an aromatic ring is 1. The standard InChI is InChI=1S/C18H30N2/c1-18(2,3)16-12-14(10-11-17(16)19)13-20(4)15-8-6-5-7-9-15/h10-12,15H,5-9,13,19H2,1-4H3. The molecule has 2 rings (SSSR count). The molecular weight excluding hydrogens is 244 g/mol. The van der Waals surface area contributed by atoms with E-state index >= 15 is 0 Å². The van der Waals surface area contributed by atoms with Crippen molar-refractivity contribution in [3.8, 4) is 0 Å². The molecule has 1 aromatic rings. The molecule has 1 aliphatic carbocycles. The summed E-state index contributed by atoms with van der Waals surface area (Å²) in [6.07, 6.45) is 6.92.